The summed E-state index contributed by atoms with van der Waals surface area (Å²) in [7, 11) is 1.16. The van der Waals surface area contributed by atoms with Gasteiger partial charge in [-0.1, -0.05) is 30.3 Å². The molecule has 0 aliphatic rings. The smallest absolute Gasteiger partial charge is 0.374 e. The lowest BCUT2D eigenvalue weighted by Gasteiger charge is -2.04. The first-order chi connectivity index (χ1) is 8.63. The van der Waals surface area contributed by atoms with Gasteiger partial charge in [-0.3, -0.25) is 4.79 Å². The van der Waals surface area contributed by atoms with Gasteiger partial charge in [-0.05, 0) is 5.56 Å². The van der Waals surface area contributed by atoms with E-state index in [1.165, 1.54) is 0 Å². The molecule has 0 saturated heterocycles. The van der Waals surface area contributed by atoms with E-state index in [1.807, 2.05) is 0 Å². The molecule has 6 heteroatoms. The monoisotopic (exact) mass is 246 g/mol. The number of nitrogens with zero attached hydrogens (tertiary/aromatic N) is 1. The van der Waals surface area contributed by atoms with Crippen LogP contribution in [0.4, 0.5) is 0 Å². The van der Waals surface area contributed by atoms with Crippen molar-refractivity contribution in [2.24, 2.45) is 0 Å². The quantitative estimate of drug-likeness (QED) is 0.769. The van der Waals surface area contributed by atoms with Crippen LogP contribution in [0.2, 0.25) is 0 Å². The van der Waals surface area contributed by atoms with Crippen LogP contribution in [0, 0.1) is 0 Å². The largest absolute Gasteiger partial charge is 0.493 e. The number of ether oxygens (including phenoxy) is 1. The van der Waals surface area contributed by atoms with Gasteiger partial charge in [-0.25, -0.2) is 4.79 Å². The predicted molar refractivity (Wildman–Crippen MR) is 63.3 cm³/mol. The van der Waals surface area contributed by atoms with Crippen LogP contribution in [0.3, 0.4) is 0 Å². The lowest BCUT2D eigenvalue weighted by molar-refractivity contribution is 0.0585. The Morgan fingerprint density at radius 2 is 2.00 bits per heavy atom. The number of rotatable bonds is 2. The van der Waals surface area contributed by atoms with Crippen molar-refractivity contribution in [2.75, 3.05) is 7.11 Å². The molecule has 0 aliphatic heterocycles. The third-order valence-corrected chi connectivity index (χ3v) is 2.34. The van der Waals surface area contributed by atoms with Crippen LogP contribution in [-0.2, 0) is 4.74 Å². The Balaban J connectivity index is 2.59. The molecule has 1 heterocycles. The van der Waals surface area contributed by atoms with E-state index >= 15 is 0 Å². The number of methoxy groups -OCH3 is 1. The SMILES string of the molecule is COC(=O)c1nc(O)c(-c2ccccc2)c(=O)[nH]1. The number of H-pyrrole nitrogens is 1. The minimum absolute atomic E-state index is 0.0169. The first-order valence-corrected chi connectivity index (χ1v) is 5.10. The third-order valence-electron chi connectivity index (χ3n) is 2.34. The second-order valence-electron chi connectivity index (χ2n) is 3.47. The van der Waals surface area contributed by atoms with Gasteiger partial charge >= 0.3 is 5.97 Å². The minimum atomic E-state index is -0.818. The summed E-state index contributed by atoms with van der Waals surface area (Å²) in [5.41, 5.74) is -0.0717. The first-order valence-electron chi connectivity index (χ1n) is 5.10. The van der Waals surface area contributed by atoms with Crippen molar-refractivity contribution >= 4 is 5.97 Å². The molecule has 2 aromatic rings. The number of carbonyl (C=O) groups excluding carboxylic acids is 1. The summed E-state index contributed by atoms with van der Waals surface area (Å²) in [5, 5.41) is 9.73. The summed E-state index contributed by atoms with van der Waals surface area (Å²) in [6.07, 6.45) is 0. The van der Waals surface area contributed by atoms with Gasteiger partial charge in [0.05, 0.1) is 7.11 Å². The van der Waals surface area contributed by atoms with Gasteiger partial charge in [-0.15, -0.1) is 0 Å². The highest BCUT2D eigenvalue weighted by molar-refractivity contribution is 5.85. The highest BCUT2D eigenvalue weighted by atomic mass is 16.5. The van der Waals surface area contributed by atoms with Crippen LogP contribution in [-0.4, -0.2) is 28.2 Å². The Kier molecular flexibility index (Phi) is 3.09. The number of benzene rings is 1. The van der Waals surface area contributed by atoms with Gasteiger partial charge in [-0.2, -0.15) is 4.98 Å². The van der Waals surface area contributed by atoms with Crippen molar-refractivity contribution in [3.05, 3.63) is 46.5 Å². The fourth-order valence-electron chi connectivity index (χ4n) is 1.52. The first kappa shape index (κ1) is 11.8. The van der Waals surface area contributed by atoms with Crippen molar-refractivity contribution in [1.82, 2.24) is 9.97 Å². The van der Waals surface area contributed by atoms with Crippen LogP contribution in [0.25, 0.3) is 11.1 Å². The van der Waals surface area contributed by atoms with E-state index in [0.717, 1.165) is 7.11 Å². The second kappa shape index (κ2) is 4.70. The van der Waals surface area contributed by atoms with Crippen LogP contribution < -0.4 is 5.56 Å². The Morgan fingerprint density at radius 3 is 2.56 bits per heavy atom. The molecule has 6 nitrogen and oxygen atoms in total. The zero-order valence-corrected chi connectivity index (χ0v) is 9.51. The molecule has 0 radical (unpaired) electrons. The molecule has 0 atom stereocenters. The van der Waals surface area contributed by atoms with Crippen LogP contribution >= 0.6 is 0 Å². The fraction of sp³-hybridized carbons (Fsp3) is 0.0833. The van der Waals surface area contributed by atoms with E-state index < -0.39 is 17.4 Å². The van der Waals surface area contributed by atoms with Crippen molar-refractivity contribution in [1.29, 1.82) is 0 Å². The maximum atomic E-state index is 11.8. The maximum absolute atomic E-state index is 11.8. The molecule has 0 fully saturated rings. The topological polar surface area (TPSA) is 92.3 Å². The van der Waals surface area contributed by atoms with Crippen molar-refractivity contribution < 1.29 is 14.6 Å². The average Bonchev–Trinajstić information content (AvgIpc) is 2.38. The predicted octanol–water partition coefficient (Wildman–Crippen LogP) is 0.929. The van der Waals surface area contributed by atoms with E-state index in [1.54, 1.807) is 30.3 Å². The summed E-state index contributed by atoms with van der Waals surface area (Å²) in [4.78, 5) is 28.9. The second-order valence-corrected chi connectivity index (χ2v) is 3.47. The zero-order chi connectivity index (χ0) is 13.1. The van der Waals surface area contributed by atoms with E-state index in [9.17, 15) is 14.7 Å². The number of aromatic amines is 1. The van der Waals surface area contributed by atoms with Crippen LogP contribution in [0.1, 0.15) is 10.6 Å². The lowest BCUT2D eigenvalue weighted by Crippen LogP contribution is -2.18. The molecule has 1 aromatic carbocycles. The summed E-state index contributed by atoms with van der Waals surface area (Å²) in [6.45, 7) is 0. The van der Waals surface area contributed by atoms with Gasteiger partial charge < -0.3 is 14.8 Å². The molecule has 0 aliphatic carbocycles. The van der Waals surface area contributed by atoms with E-state index in [4.69, 9.17) is 0 Å². The Hall–Kier alpha value is -2.63. The van der Waals surface area contributed by atoms with Gasteiger partial charge in [0.1, 0.15) is 5.56 Å². The molecule has 18 heavy (non-hydrogen) atoms. The van der Waals surface area contributed by atoms with Gasteiger partial charge in [0.15, 0.2) is 0 Å². The Morgan fingerprint density at radius 1 is 1.33 bits per heavy atom. The number of nitrogens with one attached hydrogen (secondary N) is 1. The maximum Gasteiger partial charge on any atom is 0.374 e. The lowest BCUT2D eigenvalue weighted by atomic mass is 10.1. The van der Waals surface area contributed by atoms with Crippen molar-refractivity contribution in [3.63, 3.8) is 0 Å². The number of aromatic nitrogens is 2. The summed E-state index contributed by atoms with van der Waals surface area (Å²) < 4.78 is 4.41. The minimum Gasteiger partial charge on any atom is -0.493 e. The molecule has 1 aromatic heterocycles. The number of esters is 1. The molecule has 92 valence electrons. The zero-order valence-electron chi connectivity index (χ0n) is 9.51. The normalized spacial score (nSPS) is 10.1. The van der Waals surface area contributed by atoms with Crippen LogP contribution in [0.5, 0.6) is 5.88 Å². The van der Waals surface area contributed by atoms with E-state index in [-0.39, 0.29) is 11.4 Å². The van der Waals surface area contributed by atoms with E-state index in [0.29, 0.717) is 5.56 Å². The fourth-order valence-corrected chi connectivity index (χ4v) is 1.52. The number of hydrogen-bond donors (Lipinski definition) is 2. The summed E-state index contributed by atoms with van der Waals surface area (Å²) >= 11 is 0. The van der Waals surface area contributed by atoms with E-state index in [2.05, 4.69) is 14.7 Å². The number of aromatic hydroxyl groups is 1. The summed E-state index contributed by atoms with van der Waals surface area (Å²) in [5.74, 6) is -1.66. The molecule has 0 spiro atoms. The Bertz CT molecular complexity index is 634. The van der Waals surface area contributed by atoms with Crippen molar-refractivity contribution in [2.45, 2.75) is 0 Å². The molecule has 0 bridgehead atoms. The molecule has 2 N–H and O–H groups in total. The third kappa shape index (κ3) is 2.08. The molecule has 0 amide bonds. The van der Waals surface area contributed by atoms with Gasteiger partial charge in [0.25, 0.3) is 5.56 Å². The Labute approximate surface area is 102 Å². The molecule has 2 rings (SSSR count). The molecular formula is C12H10N2O4. The van der Waals surface area contributed by atoms with Crippen LogP contribution in [0.15, 0.2) is 35.1 Å². The number of hydrogen-bond acceptors (Lipinski definition) is 5. The molecule has 0 saturated carbocycles. The molecular weight excluding hydrogens is 236 g/mol. The summed E-state index contributed by atoms with van der Waals surface area (Å²) in [6, 6.07) is 8.55. The van der Waals surface area contributed by atoms with Crippen molar-refractivity contribution in [3.8, 4) is 17.0 Å². The highest BCUT2D eigenvalue weighted by Crippen LogP contribution is 2.22. The average molecular weight is 246 g/mol. The standard InChI is InChI=1S/C12H10N2O4/c1-18-12(17)9-13-10(15)8(11(16)14-9)7-5-3-2-4-6-7/h2-6H,1H3,(H2,13,14,15,16). The number of carbonyl (C=O) groups is 1. The molecule has 0 unspecified atom stereocenters. The van der Waals surface area contributed by atoms with Gasteiger partial charge in [0, 0.05) is 0 Å². The van der Waals surface area contributed by atoms with Gasteiger partial charge in [0.2, 0.25) is 11.7 Å². The highest BCUT2D eigenvalue weighted by Gasteiger charge is 2.16.